The highest BCUT2D eigenvalue weighted by molar-refractivity contribution is 5.38. The maximum atomic E-state index is 5.90. The first kappa shape index (κ1) is 15.0. The van der Waals surface area contributed by atoms with Crippen molar-refractivity contribution in [3.05, 3.63) is 29.8 Å². The Morgan fingerprint density at radius 2 is 1.83 bits per heavy atom. The summed E-state index contributed by atoms with van der Waals surface area (Å²) >= 11 is 0. The van der Waals surface area contributed by atoms with Crippen LogP contribution in [0.4, 0.5) is 0 Å². The summed E-state index contributed by atoms with van der Waals surface area (Å²) in [6.45, 7) is 11.8. The van der Waals surface area contributed by atoms with Crippen molar-refractivity contribution in [1.82, 2.24) is 5.32 Å². The minimum Gasteiger partial charge on any atom is -0.493 e. The van der Waals surface area contributed by atoms with Crippen molar-refractivity contribution in [2.24, 2.45) is 0 Å². The molecule has 0 aliphatic carbocycles. The van der Waals surface area contributed by atoms with Gasteiger partial charge in [0.2, 0.25) is 0 Å². The number of nitrogens with one attached hydrogen (secondary N) is 1. The first-order valence-corrected chi connectivity index (χ1v) is 6.98. The molecule has 0 atom stereocenters. The fraction of sp³-hybridized carbons (Fsp3) is 0.625. The Hall–Kier alpha value is -1.02. The molecular weight excluding hydrogens is 222 g/mol. The molecule has 0 amide bonds. The van der Waals surface area contributed by atoms with Crippen LogP contribution in [-0.2, 0) is 5.41 Å². The maximum Gasteiger partial charge on any atom is 0.123 e. The van der Waals surface area contributed by atoms with Gasteiger partial charge in [0.05, 0.1) is 6.61 Å². The van der Waals surface area contributed by atoms with Crippen LogP contribution in [0.2, 0.25) is 0 Å². The monoisotopic (exact) mass is 249 g/mol. The summed E-state index contributed by atoms with van der Waals surface area (Å²) < 4.78 is 5.90. The smallest absolute Gasteiger partial charge is 0.123 e. The second-order valence-corrected chi connectivity index (χ2v) is 5.70. The maximum absolute atomic E-state index is 5.90. The standard InChI is InChI=1S/C16H27NO/c1-5-11-17-12-8-13-18-15-10-7-6-9-14(15)16(2,3)4/h6-7,9-10,17H,5,8,11-13H2,1-4H3. The Morgan fingerprint density at radius 3 is 2.50 bits per heavy atom. The number of ether oxygens (including phenoxy) is 1. The molecule has 0 radical (unpaired) electrons. The van der Waals surface area contributed by atoms with E-state index in [1.807, 2.05) is 6.07 Å². The van der Waals surface area contributed by atoms with E-state index in [1.54, 1.807) is 0 Å². The van der Waals surface area contributed by atoms with E-state index in [0.29, 0.717) is 0 Å². The normalized spacial score (nSPS) is 11.6. The molecule has 0 saturated heterocycles. The highest BCUT2D eigenvalue weighted by Gasteiger charge is 2.17. The van der Waals surface area contributed by atoms with Gasteiger partial charge in [-0.05, 0) is 43.0 Å². The van der Waals surface area contributed by atoms with E-state index in [-0.39, 0.29) is 5.41 Å². The molecule has 1 N–H and O–H groups in total. The van der Waals surface area contributed by atoms with Crippen LogP contribution >= 0.6 is 0 Å². The molecule has 1 rings (SSSR count). The van der Waals surface area contributed by atoms with E-state index < -0.39 is 0 Å². The van der Waals surface area contributed by atoms with E-state index in [1.165, 1.54) is 12.0 Å². The molecule has 0 aliphatic heterocycles. The van der Waals surface area contributed by atoms with E-state index in [2.05, 4.69) is 51.2 Å². The van der Waals surface area contributed by atoms with Crippen LogP contribution < -0.4 is 10.1 Å². The Morgan fingerprint density at radius 1 is 1.11 bits per heavy atom. The number of rotatable bonds is 7. The van der Waals surface area contributed by atoms with Gasteiger partial charge in [-0.2, -0.15) is 0 Å². The third-order valence-electron chi connectivity index (χ3n) is 2.88. The predicted octanol–water partition coefficient (Wildman–Crippen LogP) is 3.75. The van der Waals surface area contributed by atoms with Crippen LogP contribution in [0.25, 0.3) is 0 Å². The van der Waals surface area contributed by atoms with Crippen LogP contribution in [-0.4, -0.2) is 19.7 Å². The average Bonchev–Trinajstić information content (AvgIpc) is 2.33. The number of benzene rings is 1. The zero-order valence-electron chi connectivity index (χ0n) is 12.3. The molecule has 0 heterocycles. The molecule has 2 heteroatoms. The summed E-state index contributed by atoms with van der Waals surface area (Å²) in [7, 11) is 0. The summed E-state index contributed by atoms with van der Waals surface area (Å²) in [6.07, 6.45) is 2.24. The first-order valence-electron chi connectivity index (χ1n) is 6.98. The van der Waals surface area contributed by atoms with Crippen LogP contribution in [0.3, 0.4) is 0 Å². The van der Waals surface area contributed by atoms with Gasteiger partial charge >= 0.3 is 0 Å². The van der Waals surface area contributed by atoms with Gasteiger partial charge in [-0.15, -0.1) is 0 Å². The van der Waals surface area contributed by atoms with Crippen LogP contribution in [0, 0.1) is 0 Å². The Kier molecular flexibility index (Phi) is 6.20. The Labute approximate surface area is 112 Å². The van der Waals surface area contributed by atoms with Crippen LogP contribution in [0.5, 0.6) is 5.75 Å². The molecule has 1 aromatic carbocycles. The van der Waals surface area contributed by atoms with Gasteiger partial charge in [-0.25, -0.2) is 0 Å². The lowest BCUT2D eigenvalue weighted by Crippen LogP contribution is -2.19. The highest BCUT2D eigenvalue weighted by atomic mass is 16.5. The average molecular weight is 249 g/mol. The Bertz CT molecular complexity index is 341. The molecule has 0 saturated carbocycles. The van der Waals surface area contributed by atoms with Gasteiger partial charge in [0.15, 0.2) is 0 Å². The molecule has 102 valence electrons. The highest BCUT2D eigenvalue weighted by Crippen LogP contribution is 2.30. The number of para-hydroxylation sites is 1. The molecule has 0 bridgehead atoms. The van der Waals surface area contributed by atoms with Crippen molar-refractivity contribution in [3.8, 4) is 5.75 Å². The van der Waals surface area contributed by atoms with Crippen molar-refractivity contribution in [3.63, 3.8) is 0 Å². The zero-order valence-corrected chi connectivity index (χ0v) is 12.3. The topological polar surface area (TPSA) is 21.3 Å². The lowest BCUT2D eigenvalue weighted by Gasteiger charge is -2.22. The minimum atomic E-state index is 0.136. The van der Waals surface area contributed by atoms with Crippen molar-refractivity contribution in [1.29, 1.82) is 0 Å². The summed E-state index contributed by atoms with van der Waals surface area (Å²) in [5, 5.41) is 3.39. The molecule has 0 aliphatic rings. The second kappa shape index (κ2) is 7.42. The molecule has 0 fully saturated rings. The SMILES string of the molecule is CCCNCCCOc1ccccc1C(C)(C)C. The van der Waals surface area contributed by atoms with Gasteiger partial charge in [0.25, 0.3) is 0 Å². The summed E-state index contributed by atoms with van der Waals surface area (Å²) in [5.41, 5.74) is 1.42. The van der Waals surface area contributed by atoms with Gasteiger partial charge < -0.3 is 10.1 Å². The molecule has 2 nitrogen and oxygen atoms in total. The molecule has 0 spiro atoms. The van der Waals surface area contributed by atoms with Crippen molar-refractivity contribution in [2.75, 3.05) is 19.7 Å². The quantitative estimate of drug-likeness (QED) is 0.743. The summed E-state index contributed by atoms with van der Waals surface area (Å²) in [4.78, 5) is 0. The number of hydrogen-bond donors (Lipinski definition) is 1. The van der Waals surface area contributed by atoms with E-state index in [4.69, 9.17) is 4.74 Å². The van der Waals surface area contributed by atoms with E-state index >= 15 is 0 Å². The summed E-state index contributed by atoms with van der Waals surface area (Å²) in [6, 6.07) is 8.35. The van der Waals surface area contributed by atoms with Crippen molar-refractivity contribution in [2.45, 2.75) is 46.0 Å². The van der Waals surface area contributed by atoms with E-state index in [0.717, 1.165) is 31.9 Å². The largest absolute Gasteiger partial charge is 0.493 e. The predicted molar refractivity (Wildman–Crippen MR) is 78.4 cm³/mol. The molecular formula is C16H27NO. The van der Waals surface area contributed by atoms with Gasteiger partial charge in [-0.3, -0.25) is 0 Å². The van der Waals surface area contributed by atoms with E-state index in [9.17, 15) is 0 Å². The zero-order chi connectivity index (χ0) is 13.4. The lowest BCUT2D eigenvalue weighted by atomic mass is 9.86. The second-order valence-electron chi connectivity index (χ2n) is 5.70. The Balaban J connectivity index is 2.43. The fourth-order valence-corrected chi connectivity index (χ4v) is 1.89. The molecule has 18 heavy (non-hydrogen) atoms. The summed E-state index contributed by atoms with van der Waals surface area (Å²) in [5.74, 6) is 1.03. The minimum absolute atomic E-state index is 0.136. The first-order chi connectivity index (χ1) is 8.55. The van der Waals surface area contributed by atoms with Crippen molar-refractivity contribution >= 4 is 0 Å². The fourth-order valence-electron chi connectivity index (χ4n) is 1.89. The van der Waals surface area contributed by atoms with Crippen LogP contribution in [0.1, 0.15) is 46.1 Å². The van der Waals surface area contributed by atoms with Crippen molar-refractivity contribution < 1.29 is 4.74 Å². The lowest BCUT2D eigenvalue weighted by molar-refractivity contribution is 0.300. The number of hydrogen-bond acceptors (Lipinski definition) is 2. The molecule has 0 unspecified atom stereocenters. The third-order valence-corrected chi connectivity index (χ3v) is 2.88. The van der Waals surface area contributed by atoms with Gasteiger partial charge in [0, 0.05) is 0 Å². The molecule has 0 aromatic heterocycles. The molecule has 1 aromatic rings. The van der Waals surface area contributed by atoms with Gasteiger partial charge in [-0.1, -0.05) is 45.9 Å². The third kappa shape index (κ3) is 5.09. The van der Waals surface area contributed by atoms with Gasteiger partial charge in [0.1, 0.15) is 5.75 Å². The van der Waals surface area contributed by atoms with Crippen LogP contribution in [0.15, 0.2) is 24.3 Å².